The normalized spacial score (nSPS) is 18.4. The van der Waals surface area contributed by atoms with Gasteiger partial charge in [0, 0.05) is 18.9 Å². The summed E-state index contributed by atoms with van der Waals surface area (Å²) in [4.78, 5) is 18.1. The van der Waals surface area contributed by atoms with Crippen LogP contribution < -0.4 is 9.47 Å². The predicted octanol–water partition coefficient (Wildman–Crippen LogP) is 3.77. The van der Waals surface area contributed by atoms with Gasteiger partial charge in [-0.1, -0.05) is 12.1 Å². The Kier molecular flexibility index (Phi) is 6.87. The van der Waals surface area contributed by atoms with Crippen LogP contribution in [-0.4, -0.2) is 47.3 Å². The summed E-state index contributed by atoms with van der Waals surface area (Å²) in [6.07, 6.45) is 5.19. The fraction of sp³-hybridized carbons (Fsp3) is 0.455. The molecular weight excluding hydrogens is 356 g/mol. The van der Waals surface area contributed by atoms with Crippen molar-refractivity contribution in [1.29, 1.82) is 0 Å². The van der Waals surface area contributed by atoms with E-state index in [0.717, 1.165) is 36.3 Å². The zero-order valence-electron chi connectivity index (χ0n) is 16.5. The quantitative estimate of drug-likeness (QED) is 0.747. The SMILES string of the molecule is CCOc1ccc(C(c2cccnc2)N2CCCC(C(=O)O)C2)cc1OCC. The second-order valence-corrected chi connectivity index (χ2v) is 6.93. The topological polar surface area (TPSA) is 71.9 Å². The number of nitrogens with zero attached hydrogens (tertiary/aromatic N) is 2. The molecule has 2 heterocycles. The van der Waals surface area contributed by atoms with Gasteiger partial charge in [0.1, 0.15) is 0 Å². The van der Waals surface area contributed by atoms with E-state index in [9.17, 15) is 9.90 Å². The molecule has 0 radical (unpaired) electrons. The Hall–Kier alpha value is -2.60. The Labute approximate surface area is 166 Å². The molecule has 1 saturated heterocycles. The summed E-state index contributed by atoms with van der Waals surface area (Å²) in [5, 5.41) is 9.51. The van der Waals surface area contributed by atoms with Crippen molar-refractivity contribution in [2.24, 2.45) is 5.92 Å². The average molecular weight is 384 g/mol. The molecule has 1 aromatic carbocycles. The fourth-order valence-corrected chi connectivity index (χ4v) is 3.83. The van der Waals surface area contributed by atoms with E-state index < -0.39 is 5.97 Å². The van der Waals surface area contributed by atoms with Crippen molar-refractivity contribution in [2.75, 3.05) is 26.3 Å². The second kappa shape index (κ2) is 9.55. The van der Waals surface area contributed by atoms with E-state index in [1.165, 1.54) is 0 Å². The molecule has 0 spiro atoms. The van der Waals surface area contributed by atoms with E-state index in [0.29, 0.717) is 25.5 Å². The van der Waals surface area contributed by atoms with Gasteiger partial charge >= 0.3 is 5.97 Å². The molecule has 1 aliphatic heterocycles. The van der Waals surface area contributed by atoms with E-state index in [4.69, 9.17) is 9.47 Å². The third-order valence-electron chi connectivity index (χ3n) is 5.05. The zero-order chi connectivity index (χ0) is 19.9. The Balaban J connectivity index is 2.00. The van der Waals surface area contributed by atoms with Gasteiger partial charge in [-0.2, -0.15) is 0 Å². The summed E-state index contributed by atoms with van der Waals surface area (Å²) >= 11 is 0. The molecule has 6 nitrogen and oxygen atoms in total. The van der Waals surface area contributed by atoms with E-state index in [1.54, 1.807) is 6.20 Å². The van der Waals surface area contributed by atoms with Gasteiger partial charge in [-0.15, -0.1) is 0 Å². The van der Waals surface area contributed by atoms with Crippen LogP contribution >= 0.6 is 0 Å². The molecule has 0 aliphatic carbocycles. The first-order valence-electron chi connectivity index (χ1n) is 9.90. The van der Waals surface area contributed by atoms with Crippen LogP contribution in [0.25, 0.3) is 0 Å². The number of rotatable bonds is 8. The number of carbonyl (C=O) groups is 1. The molecule has 1 aliphatic rings. The summed E-state index contributed by atoms with van der Waals surface area (Å²) in [6, 6.07) is 9.86. The molecule has 0 bridgehead atoms. The number of ether oxygens (including phenoxy) is 2. The third-order valence-corrected chi connectivity index (χ3v) is 5.05. The Bertz CT molecular complexity index is 781. The number of aromatic nitrogens is 1. The van der Waals surface area contributed by atoms with Crippen LogP contribution in [-0.2, 0) is 4.79 Å². The van der Waals surface area contributed by atoms with Gasteiger partial charge in [-0.25, -0.2) is 0 Å². The zero-order valence-corrected chi connectivity index (χ0v) is 16.5. The lowest BCUT2D eigenvalue weighted by Gasteiger charge is -2.37. The highest BCUT2D eigenvalue weighted by molar-refractivity contribution is 5.70. The fourth-order valence-electron chi connectivity index (χ4n) is 3.83. The number of benzene rings is 1. The number of carboxylic acids is 1. The largest absolute Gasteiger partial charge is 0.490 e. The van der Waals surface area contributed by atoms with Crippen LogP contribution in [0.5, 0.6) is 11.5 Å². The first-order valence-corrected chi connectivity index (χ1v) is 9.90. The smallest absolute Gasteiger partial charge is 0.307 e. The van der Waals surface area contributed by atoms with Crippen molar-refractivity contribution in [2.45, 2.75) is 32.7 Å². The van der Waals surface area contributed by atoms with Crippen molar-refractivity contribution in [3.8, 4) is 11.5 Å². The second-order valence-electron chi connectivity index (χ2n) is 6.93. The first kappa shape index (κ1) is 20.1. The van der Waals surface area contributed by atoms with Crippen molar-refractivity contribution in [1.82, 2.24) is 9.88 Å². The number of likely N-dealkylation sites (tertiary alicyclic amines) is 1. The molecular formula is C22H28N2O4. The van der Waals surface area contributed by atoms with Crippen molar-refractivity contribution in [3.05, 3.63) is 53.9 Å². The minimum absolute atomic E-state index is 0.0780. The monoisotopic (exact) mass is 384 g/mol. The molecule has 0 saturated carbocycles. The lowest BCUT2D eigenvalue weighted by atomic mass is 9.92. The summed E-state index contributed by atoms with van der Waals surface area (Å²) in [5.74, 6) is 0.362. The van der Waals surface area contributed by atoms with E-state index in [2.05, 4.69) is 9.88 Å². The maximum atomic E-state index is 11.6. The number of carboxylic acid groups (broad SMARTS) is 1. The van der Waals surface area contributed by atoms with Crippen LogP contribution in [0.3, 0.4) is 0 Å². The molecule has 3 rings (SSSR count). The predicted molar refractivity (Wildman–Crippen MR) is 107 cm³/mol. The summed E-state index contributed by atoms with van der Waals surface area (Å²) < 4.78 is 11.5. The van der Waals surface area contributed by atoms with E-state index >= 15 is 0 Å². The summed E-state index contributed by atoms with van der Waals surface area (Å²) in [5.41, 5.74) is 2.09. The minimum atomic E-state index is -0.726. The molecule has 2 unspecified atom stereocenters. The molecule has 150 valence electrons. The van der Waals surface area contributed by atoms with Crippen LogP contribution in [0.2, 0.25) is 0 Å². The Morgan fingerprint density at radius 1 is 1.21 bits per heavy atom. The van der Waals surface area contributed by atoms with Crippen LogP contribution in [0, 0.1) is 5.92 Å². The van der Waals surface area contributed by atoms with Gasteiger partial charge in [0.15, 0.2) is 11.5 Å². The van der Waals surface area contributed by atoms with Crippen LogP contribution in [0.15, 0.2) is 42.7 Å². The summed E-state index contributed by atoms with van der Waals surface area (Å²) in [6.45, 7) is 6.38. The number of pyridine rings is 1. The molecule has 1 N–H and O–H groups in total. The van der Waals surface area contributed by atoms with Crippen molar-refractivity contribution in [3.63, 3.8) is 0 Å². The Morgan fingerprint density at radius 3 is 2.68 bits per heavy atom. The van der Waals surface area contributed by atoms with Gasteiger partial charge in [0.25, 0.3) is 0 Å². The lowest BCUT2D eigenvalue weighted by molar-refractivity contribution is -0.143. The number of piperidine rings is 1. The first-order chi connectivity index (χ1) is 13.6. The summed E-state index contributed by atoms with van der Waals surface area (Å²) in [7, 11) is 0. The standard InChI is InChI=1S/C22H28N2O4/c1-3-27-19-10-9-16(13-20(19)28-4-2)21(17-7-5-11-23-14-17)24-12-6-8-18(15-24)22(25)26/h5,7,9-11,13-14,18,21H,3-4,6,8,12,15H2,1-2H3,(H,25,26). The average Bonchev–Trinajstić information content (AvgIpc) is 2.71. The highest BCUT2D eigenvalue weighted by Gasteiger charge is 2.31. The molecule has 1 aromatic heterocycles. The maximum absolute atomic E-state index is 11.6. The van der Waals surface area contributed by atoms with Gasteiger partial charge in [0.2, 0.25) is 0 Å². The number of hydrogen-bond donors (Lipinski definition) is 1. The highest BCUT2D eigenvalue weighted by atomic mass is 16.5. The Morgan fingerprint density at radius 2 is 2.00 bits per heavy atom. The molecule has 6 heteroatoms. The van der Waals surface area contributed by atoms with Gasteiger partial charge in [-0.3, -0.25) is 14.7 Å². The molecule has 2 atom stereocenters. The molecule has 0 amide bonds. The van der Waals surface area contributed by atoms with Crippen molar-refractivity contribution < 1.29 is 19.4 Å². The lowest BCUT2D eigenvalue weighted by Crippen LogP contribution is -2.41. The highest BCUT2D eigenvalue weighted by Crippen LogP contribution is 2.37. The minimum Gasteiger partial charge on any atom is -0.490 e. The van der Waals surface area contributed by atoms with Crippen molar-refractivity contribution >= 4 is 5.97 Å². The molecule has 1 fully saturated rings. The van der Waals surface area contributed by atoms with Gasteiger partial charge < -0.3 is 14.6 Å². The number of hydrogen-bond acceptors (Lipinski definition) is 5. The maximum Gasteiger partial charge on any atom is 0.307 e. The van der Waals surface area contributed by atoms with E-state index in [1.807, 2.05) is 50.4 Å². The molecule has 28 heavy (non-hydrogen) atoms. The van der Waals surface area contributed by atoms with Crippen LogP contribution in [0.1, 0.15) is 43.9 Å². The van der Waals surface area contributed by atoms with Gasteiger partial charge in [0.05, 0.1) is 25.2 Å². The van der Waals surface area contributed by atoms with E-state index in [-0.39, 0.29) is 12.0 Å². The molecule has 2 aromatic rings. The number of aliphatic carboxylic acids is 1. The van der Waals surface area contributed by atoms with Gasteiger partial charge in [-0.05, 0) is 62.6 Å². The van der Waals surface area contributed by atoms with Crippen LogP contribution in [0.4, 0.5) is 0 Å². The third kappa shape index (κ3) is 4.62.